The van der Waals surface area contributed by atoms with Gasteiger partial charge in [-0.3, -0.25) is 9.59 Å². The van der Waals surface area contributed by atoms with Crippen molar-refractivity contribution in [2.24, 2.45) is 0 Å². The number of nitrogens with one attached hydrogen (secondary N) is 2. The second-order valence-electron chi connectivity index (χ2n) is 6.17. The first-order valence-corrected chi connectivity index (χ1v) is 9.67. The van der Waals surface area contributed by atoms with E-state index in [1.54, 1.807) is 30.3 Å². The highest BCUT2D eigenvalue weighted by Gasteiger charge is 2.12. The lowest BCUT2D eigenvalue weighted by atomic mass is 10.2. The molecular formula is C22H18BrFN2O4. The highest BCUT2D eigenvalue weighted by Crippen LogP contribution is 2.28. The van der Waals surface area contributed by atoms with Gasteiger partial charge < -0.3 is 20.1 Å². The summed E-state index contributed by atoms with van der Waals surface area (Å²) < 4.78 is 25.0. The van der Waals surface area contributed by atoms with Crippen molar-refractivity contribution in [3.8, 4) is 11.5 Å². The van der Waals surface area contributed by atoms with Gasteiger partial charge in [-0.2, -0.15) is 0 Å². The summed E-state index contributed by atoms with van der Waals surface area (Å²) in [7, 11) is 1.46. The Morgan fingerprint density at radius 1 is 1.00 bits per heavy atom. The molecule has 3 aromatic carbocycles. The molecular weight excluding hydrogens is 455 g/mol. The zero-order valence-electron chi connectivity index (χ0n) is 15.9. The molecule has 2 N–H and O–H groups in total. The van der Waals surface area contributed by atoms with Gasteiger partial charge in [0.2, 0.25) is 0 Å². The van der Waals surface area contributed by atoms with Crippen LogP contribution in [0.3, 0.4) is 0 Å². The maximum absolute atomic E-state index is 13.4. The van der Waals surface area contributed by atoms with E-state index in [2.05, 4.69) is 26.6 Å². The standard InChI is InChI=1S/C22H18BrFN2O4/c1-29-20-10-7-17(25-21(27)13-30-18-8-5-15(23)6-9-18)12-19(20)26-22(28)14-3-2-4-16(24)11-14/h2-12H,13H2,1H3,(H,25,27)(H,26,28). The number of rotatable bonds is 7. The number of hydrogen-bond acceptors (Lipinski definition) is 4. The summed E-state index contributed by atoms with van der Waals surface area (Å²) in [6.45, 7) is -0.182. The SMILES string of the molecule is COc1ccc(NC(=O)COc2ccc(Br)cc2)cc1NC(=O)c1cccc(F)c1. The van der Waals surface area contributed by atoms with Crippen molar-refractivity contribution >= 4 is 39.1 Å². The van der Waals surface area contributed by atoms with Crippen molar-refractivity contribution in [2.75, 3.05) is 24.4 Å². The Balaban J connectivity index is 1.66. The summed E-state index contributed by atoms with van der Waals surface area (Å²) in [5.74, 6) is -0.434. The lowest BCUT2D eigenvalue weighted by molar-refractivity contribution is -0.118. The third-order valence-electron chi connectivity index (χ3n) is 4.00. The van der Waals surface area contributed by atoms with Gasteiger partial charge in [0.1, 0.15) is 17.3 Å². The molecule has 0 atom stereocenters. The average Bonchev–Trinajstić information content (AvgIpc) is 2.73. The van der Waals surface area contributed by atoms with Crippen molar-refractivity contribution in [3.63, 3.8) is 0 Å². The lowest BCUT2D eigenvalue weighted by Gasteiger charge is -2.13. The number of methoxy groups -OCH3 is 1. The third-order valence-corrected chi connectivity index (χ3v) is 4.53. The molecule has 0 unspecified atom stereocenters. The van der Waals surface area contributed by atoms with Crippen molar-refractivity contribution in [1.29, 1.82) is 0 Å². The minimum Gasteiger partial charge on any atom is -0.495 e. The van der Waals surface area contributed by atoms with Crippen molar-refractivity contribution < 1.29 is 23.5 Å². The molecule has 0 saturated carbocycles. The van der Waals surface area contributed by atoms with Crippen molar-refractivity contribution in [2.45, 2.75) is 0 Å². The number of carbonyl (C=O) groups excluding carboxylic acids is 2. The van der Waals surface area contributed by atoms with Crippen LogP contribution in [0, 0.1) is 5.82 Å². The molecule has 30 heavy (non-hydrogen) atoms. The number of amides is 2. The van der Waals surface area contributed by atoms with E-state index in [9.17, 15) is 14.0 Å². The van der Waals surface area contributed by atoms with Crippen LogP contribution >= 0.6 is 15.9 Å². The Morgan fingerprint density at radius 3 is 2.47 bits per heavy atom. The molecule has 3 rings (SSSR count). The fourth-order valence-electron chi connectivity index (χ4n) is 2.58. The molecule has 0 saturated heterocycles. The number of hydrogen-bond donors (Lipinski definition) is 2. The molecule has 0 spiro atoms. The van der Waals surface area contributed by atoms with Crippen LogP contribution in [0.2, 0.25) is 0 Å². The molecule has 0 aliphatic rings. The normalized spacial score (nSPS) is 10.2. The summed E-state index contributed by atoms with van der Waals surface area (Å²) in [5.41, 5.74) is 0.933. The molecule has 2 amide bonds. The predicted octanol–water partition coefficient (Wildman–Crippen LogP) is 4.87. The van der Waals surface area contributed by atoms with E-state index >= 15 is 0 Å². The third kappa shape index (κ3) is 5.81. The summed E-state index contributed by atoms with van der Waals surface area (Å²) in [6.07, 6.45) is 0. The number of halogens is 2. The van der Waals surface area contributed by atoms with Gasteiger partial charge in [-0.1, -0.05) is 22.0 Å². The Bertz CT molecular complexity index is 1060. The van der Waals surface area contributed by atoms with Crippen LogP contribution in [0.1, 0.15) is 10.4 Å². The molecule has 8 heteroatoms. The zero-order chi connectivity index (χ0) is 21.5. The Kier molecular flexibility index (Phi) is 7.03. The average molecular weight is 473 g/mol. The van der Waals surface area contributed by atoms with E-state index in [4.69, 9.17) is 9.47 Å². The van der Waals surface area contributed by atoms with E-state index in [0.29, 0.717) is 22.9 Å². The molecule has 0 bridgehead atoms. The zero-order valence-corrected chi connectivity index (χ0v) is 17.5. The molecule has 0 heterocycles. The fourth-order valence-corrected chi connectivity index (χ4v) is 2.85. The van der Waals surface area contributed by atoms with E-state index < -0.39 is 11.7 Å². The van der Waals surface area contributed by atoms with Gasteiger partial charge in [-0.15, -0.1) is 0 Å². The van der Waals surface area contributed by atoms with Crippen molar-refractivity contribution in [3.05, 3.63) is 82.6 Å². The van der Waals surface area contributed by atoms with Crippen LogP contribution < -0.4 is 20.1 Å². The quantitative estimate of drug-likeness (QED) is 0.514. The highest BCUT2D eigenvalue weighted by molar-refractivity contribution is 9.10. The van der Waals surface area contributed by atoms with Gasteiger partial charge in [-0.05, 0) is 60.7 Å². The van der Waals surface area contributed by atoms with Gasteiger partial charge in [0.25, 0.3) is 11.8 Å². The number of ether oxygens (including phenoxy) is 2. The molecule has 0 aromatic heterocycles. The van der Waals surface area contributed by atoms with Gasteiger partial charge in [0.05, 0.1) is 12.8 Å². The monoisotopic (exact) mass is 472 g/mol. The predicted molar refractivity (Wildman–Crippen MR) is 116 cm³/mol. The maximum Gasteiger partial charge on any atom is 0.262 e. The first-order valence-electron chi connectivity index (χ1n) is 8.88. The minimum absolute atomic E-state index is 0.161. The van der Waals surface area contributed by atoms with E-state index in [1.807, 2.05) is 12.1 Å². The largest absolute Gasteiger partial charge is 0.495 e. The summed E-state index contributed by atoms with van der Waals surface area (Å²) in [6, 6.07) is 17.2. The molecule has 0 radical (unpaired) electrons. The van der Waals surface area contributed by atoms with Gasteiger partial charge in [0, 0.05) is 15.7 Å². The van der Waals surface area contributed by atoms with Crippen LogP contribution in [0.4, 0.5) is 15.8 Å². The van der Waals surface area contributed by atoms with E-state index in [0.717, 1.165) is 10.5 Å². The smallest absolute Gasteiger partial charge is 0.262 e. The Labute approximate surface area is 181 Å². The van der Waals surface area contributed by atoms with Crippen LogP contribution in [0.5, 0.6) is 11.5 Å². The second kappa shape index (κ2) is 9.89. The number of carbonyl (C=O) groups is 2. The topological polar surface area (TPSA) is 76.7 Å². The number of benzene rings is 3. The molecule has 6 nitrogen and oxygen atoms in total. The Hall–Kier alpha value is -3.39. The second-order valence-corrected chi connectivity index (χ2v) is 7.09. The minimum atomic E-state index is -0.513. The molecule has 0 aliphatic carbocycles. The van der Waals surface area contributed by atoms with Crippen LogP contribution in [-0.2, 0) is 4.79 Å². The summed E-state index contributed by atoms with van der Waals surface area (Å²) >= 11 is 3.33. The summed E-state index contributed by atoms with van der Waals surface area (Å²) in [4.78, 5) is 24.6. The fraction of sp³-hybridized carbons (Fsp3) is 0.0909. The first-order chi connectivity index (χ1) is 14.4. The maximum atomic E-state index is 13.4. The molecule has 0 fully saturated rings. The van der Waals surface area contributed by atoms with E-state index in [1.165, 1.54) is 25.3 Å². The first kappa shape index (κ1) is 21.3. The lowest BCUT2D eigenvalue weighted by Crippen LogP contribution is -2.20. The summed E-state index contributed by atoms with van der Waals surface area (Å²) in [5, 5.41) is 5.36. The van der Waals surface area contributed by atoms with Crippen LogP contribution in [-0.4, -0.2) is 25.5 Å². The van der Waals surface area contributed by atoms with E-state index in [-0.39, 0.29) is 18.1 Å². The van der Waals surface area contributed by atoms with Gasteiger partial charge in [0.15, 0.2) is 6.61 Å². The molecule has 3 aromatic rings. The Morgan fingerprint density at radius 2 is 1.77 bits per heavy atom. The van der Waals surface area contributed by atoms with Crippen LogP contribution in [0.15, 0.2) is 71.2 Å². The number of anilines is 2. The van der Waals surface area contributed by atoms with Gasteiger partial charge in [-0.25, -0.2) is 4.39 Å². The molecule has 0 aliphatic heterocycles. The highest BCUT2D eigenvalue weighted by atomic mass is 79.9. The van der Waals surface area contributed by atoms with Crippen molar-refractivity contribution in [1.82, 2.24) is 0 Å². The van der Waals surface area contributed by atoms with Gasteiger partial charge >= 0.3 is 0 Å². The van der Waals surface area contributed by atoms with Crippen LogP contribution in [0.25, 0.3) is 0 Å². The molecule has 154 valence electrons.